The van der Waals surface area contributed by atoms with Crippen molar-refractivity contribution in [2.45, 2.75) is 11.4 Å². The number of rotatable bonds is 4. The molecule has 1 heterocycles. The van der Waals surface area contributed by atoms with Crippen molar-refractivity contribution in [3.05, 3.63) is 53.6 Å². The predicted molar refractivity (Wildman–Crippen MR) is 97.7 cm³/mol. The minimum absolute atomic E-state index is 0.00895. The molecule has 124 valence electrons. The average Bonchev–Trinajstić information content (AvgIpc) is 2.59. The Balaban J connectivity index is 1.64. The quantitative estimate of drug-likeness (QED) is 0.898. The van der Waals surface area contributed by atoms with Gasteiger partial charge in [0.2, 0.25) is 5.91 Å². The van der Waals surface area contributed by atoms with E-state index in [1.54, 1.807) is 0 Å². The molecule has 0 fully saturated rings. The van der Waals surface area contributed by atoms with Gasteiger partial charge >= 0.3 is 0 Å². The molecule has 0 saturated carbocycles. The van der Waals surface area contributed by atoms with Crippen molar-refractivity contribution in [3.8, 4) is 0 Å². The Labute approximate surface area is 145 Å². The van der Waals surface area contributed by atoms with Crippen LogP contribution in [0.15, 0.2) is 47.4 Å². The molecule has 2 amide bonds. The maximum Gasteiger partial charge on any atom is 0.251 e. The third-order valence-corrected chi connectivity index (χ3v) is 4.85. The van der Waals surface area contributed by atoms with Gasteiger partial charge in [0.1, 0.15) is 0 Å². The molecular formula is C18H19N3O2S. The van der Waals surface area contributed by atoms with Crippen molar-refractivity contribution in [2.24, 2.45) is 0 Å². The van der Waals surface area contributed by atoms with Crippen LogP contribution < -0.4 is 15.5 Å². The molecule has 0 bridgehead atoms. The van der Waals surface area contributed by atoms with Crippen molar-refractivity contribution >= 4 is 35.0 Å². The van der Waals surface area contributed by atoms with Crippen LogP contribution in [0.1, 0.15) is 15.9 Å². The highest BCUT2D eigenvalue weighted by molar-refractivity contribution is 8.00. The van der Waals surface area contributed by atoms with Crippen LogP contribution in [0.3, 0.4) is 0 Å². The van der Waals surface area contributed by atoms with E-state index in [0.717, 1.165) is 21.8 Å². The number of amides is 2. The van der Waals surface area contributed by atoms with Gasteiger partial charge in [0.15, 0.2) is 0 Å². The van der Waals surface area contributed by atoms with Crippen LogP contribution in [-0.4, -0.2) is 31.7 Å². The first-order valence-electron chi connectivity index (χ1n) is 7.64. The predicted octanol–water partition coefficient (Wildman–Crippen LogP) is 2.73. The molecule has 3 rings (SSSR count). The summed E-state index contributed by atoms with van der Waals surface area (Å²) < 4.78 is 0. The second-order valence-electron chi connectivity index (χ2n) is 5.79. The van der Waals surface area contributed by atoms with Gasteiger partial charge in [-0.3, -0.25) is 9.59 Å². The molecular weight excluding hydrogens is 322 g/mol. The Morgan fingerprint density at radius 2 is 1.96 bits per heavy atom. The molecule has 2 aromatic carbocycles. The van der Waals surface area contributed by atoms with Gasteiger partial charge in [0.25, 0.3) is 5.91 Å². The lowest BCUT2D eigenvalue weighted by Crippen LogP contribution is -2.23. The van der Waals surface area contributed by atoms with Gasteiger partial charge in [-0.2, -0.15) is 0 Å². The molecule has 2 N–H and O–H groups in total. The molecule has 0 spiro atoms. The summed E-state index contributed by atoms with van der Waals surface area (Å²) in [5.74, 6) is 0.345. The molecule has 0 aromatic heterocycles. The number of benzene rings is 2. The highest BCUT2D eigenvalue weighted by atomic mass is 32.2. The molecule has 0 atom stereocenters. The Bertz CT molecular complexity index is 772. The zero-order valence-electron chi connectivity index (χ0n) is 13.6. The summed E-state index contributed by atoms with van der Waals surface area (Å²) in [6, 6.07) is 13.3. The number of hydrogen-bond acceptors (Lipinski definition) is 4. The van der Waals surface area contributed by atoms with Crippen molar-refractivity contribution in [2.75, 3.05) is 30.1 Å². The van der Waals surface area contributed by atoms with Crippen molar-refractivity contribution in [1.82, 2.24) is 5.32 Å². The highest BCUT2D eigenvalue weighted by Gasteiger charge is 2.15. The zero-order valence-corrected chi connectivity index (χ0v) is 14.4. The lowest BCUT2D eigenvalue weighted by atomic mass is 10.1. The van der Waals surface area contributed by atoms with Gasteiger partial charge in [-0.25, -0.2) is 0 Å². The number of nitrogens with zero attached hydrogens (tertiary/aromatic N) is 1. The molecule has 1 aliphatic heterocycles. The number of fused-ring (bicyclic) bond motifs is 1. The number of thioether (sulfide) groups is 1. The first-order valence-corrected chi connectivity index (χ1v) is 8.62. The van der Waals surface area contributed by atoms with Crippen LogP contribution in [0.25, 0.3) is 0 Å². The van der Waals surface area contributed by atoms with E-state index in [9.17, 15) is 9.59 Å². The summed E-state index contributed by atoms with van der Waals surface area (Å²) >= 11 is 1.53. The smallest absolute Gasteiger partial charge is 0.251 e. The van der Waals surface area contributed by atoms with Crippen LogP contribution in [0.4, 0.5) is 11.4 Å². The van der Waals surface area contributed by atoms with Crippen LogP contribution >= 0.6 is 11.8 Å². The first kappa shape index (κ1) is 16.4. The third kappa shape index (κ3) is 3.71. The van der Waals surface area contributed by atoms with E-state index in [4.69, 9.17) is 0 Å². The summed E-state index contributed by atoms with van der Waals surface area (Å²) in [4.78, 5) is 26.7. The number of carbonyl (C=O) groups excluding carboxylic acids is 2. The maximum atomic E-state index is 12.2. The number of hydrogen-bond donors (Lipinski definition) is 2. The van der Waals surface area contributed by atoms with Crippen LogP contribution in [0, 0.1) is 0 Å². The molecule has 2 aromatic rings. The second kappa shape index (κ2) is 6.97. The summed E-state index contributed by atoms with van der Waals surface area (Å²) in [6.07, 6.45) is 0. The van der Waals surface area contributed by atoms with E-state index >= 15 is 0 Å². The van der Waals surface area contributed by atoms with Gasteiger partial charge in [-0.05, 0) is 42.0 Å². The van der Waals surface area contributed by atoms with Gasteiger partial charge in [0.05, 0.1) is 11.4 Å². The molecule has 1 aliphatic rings. The fourth-order valence-electron chi connectivity index (χ4n) is 2.44. The number of anilines is 2. The minimum atomic E-state index is -0.114. The molecule has 6 heteroatoms. The van der Waals surface area contributed by atoms with E-state index in [-0.39, 0.29) is 11.8 Å². The zero-order chi connectivity index (χ0) is 17.1. The molecule has 0 unspecified atom stereocenters. The fourth-order valence-corrected chi connectivity index (χ4v) is 3.22. The van der Waals surface area contributed by atoms with Crippen molar-refractivity contribution in [1.29, 1.82) is 0 Å². The Morgan fingerprint density at radius 1 is 1.21 bits per heavy atom. The van der Waals surface area contributed by atoms with E-state index < -0.39 is 0 Å². The molecule has 5 nitrogen and oxygen atoms in total. The van der Waals surface area contributed by atoms with Crippen LogP contribution in [0.5, 0.6) is 0 Å². The van der Waals surface area contributed by atoms with E-state index in [1.807, 2.05) is 61.5 Å². The van der Waals surface area contributed by atoms with E-state index in [1.165, 1.54) is 11.8 Å². The monoisotopic (exact) mass is 341 g/mol. The maximum absolute atomic E-state index is 12.2. The summed E-state index contributed by atoms with van der Waals surface area (Å²) in [5.41, 5.74) is 3.45. The molecule has 0 saturated heterocycles. The Hall–Kier alpha value is -2.47. The minimum Gasteiger partial charge on any atom is -0.378 e. The SMILES string of the molecule is CN(C)c1ccc(C(=O)NCc2ccc3c(c2)NC(=O)CS3)cc1. The first-order chi connectivity index (χ1) is 11.5. The van der Waals surface area contributed by atoms with Crippen LogP contribution in [0.2, 0.25) is 0 Å². The van der Waals surface area contributed by atoms with E-state index in [0.29, 0.717) is 17.9 Å². The largest absolute Gasteiger partial charge is 0.378 e. The van der Waals surface area contributed by atoms with Crippen molar-refractivity contribution in [3.63, 3.8) is 0 Å². The van der Waals surface area contributed by atoms with Gasteiger partial charge < -0.3 is 15.5 Å². The van der Waals surface area contributed by atoms with Gasteiger partial charge in [-0.1, -0.05) is 6.07 Å². The summed E-state index contributed by atoms with van der Waals surface area (Å²) in [5, 5.41) is 5.77. The summed E-state index contributed by atoms with van der Waals surface area (Å²) in [7, 11) is 3.92. The topological polar surface area (TPSA) is 61.4 Å². The average molecular weight is 341 g/mol. The normalized spacial score (nSPS) is 13.0. The second-order valence-corrected chi connectivity index (χ2v) is 6.81. The highest BCUT2D eigenvalue weighted by Crippen LogP contribution is 2.31. The number of carbonyl (C=O) groups is 2. The summed E-state index contributed by atoms with van der Waals surface area (Å²) in [6.45, 7) is 0.419. The number of nitrogens with one attached hydrogen (secondary N) is 2. The Kier molecular flexibility index (Phi) is 4.76. The molecule has 24 heavy (non-hydrogen) atoms. The third-order valence-electron chi connectivity index (χ3n) is 3.78. The van der Waals surface area contributed by atoms with Crippen molar-refractivity contribution < 1.29 is 9.59 Å². The van der Waals surface area contributed by atoms with Gasteiger partial charge in [0, 0.05) is 36.8 Å². The van der Waals surface area contributed by atoms with E-state index in [2.05, 4.69) is 10.6 Å². The lowest BCUT2D eigenvalue weighted by molar-refractivity contribution is -0.113. The fraction of sp³-hybridized carbons (Fsp3) is 0.222. The standard InChI is InChI=1S/C18H19N3O2S/c1-21(2)14-6-4-13(5-7-14)18(23)19-10-12-3-8-16-15(9-12)20-17(22)11-24-16/h3-9H,10-11H2,1-2H3,(H,19,23)(H,20,22). The van der Waals surface area contributed by atoms with Crippen LogP contribution in [-0.2, 0) is 11.3 Å². The Morgan fingerprint density at radius 3 is 2.67 bits per heavy atom. The molecule has 0 aliphatic carbocycles. The van der Waals surface area contributed by atoms with Gasteiger partial charge in [-0.15, -0.1) is 11.8 Å². The molecule has 0 radical (unpaired) electrons. The lowest BCUT2D eigenvalue weighted by Gasteiger charge is -2.17.